The second-order valence-corrected chi connectivity index (χ2v) is 6.99. The Labute approximate surface area is 153 Å². The van der Waals surface area contributed by atoms with E-state index in [-0.39, 0.29) is 11.9 Å². The van der Waals surface area contributed by atoms with Gasteiger partial charge in [0.25, 0.3) is 5.91 Å². The highest BCUT2D eigenvalue weighted by atomic mass is 35.5. The number of hydrogen-bond donors (Lipinski definition) is 2. The molecule has 0 bridgehead atoms. The van der Waals surface area contributed by atoms with Crippen molar-refractivity contribution in [3.05, 3.63) is 46.4 Å². The summed E-state index contributed by atoms with van der Waals surface area (Å²) in [5, 5.41) is 6.97. The molecule has 1 aromatic carbocycles. The van der Waals surface area contributed by atoms with E-state index in [1.807, 2.05) is 25.1 Å². The van der Waals surface area contributed by atoms with E-state index in [9.17, 15) is 4.79 Å². The van der Waals surface area contributed by atoms with Crippen LogP contribution in [0.5, 0.6) is 0 Å². The molecule has 1 heterocycles. The number of halogens is 1. The monoisotopic (exact) mass is 358 g/mol. The number of carbonyl (C=O) groups is 1. The maximum atomic E-state index is 12.5. The number of anilines is 2. The maximum Gasteiger partial charge on any atom is 0.270 e. The van der Waals surface area contributed by atoms with Crippen LogP contribution in [0.2, 0.25) is 5.02 Å². The number of nitrogens with one attached hydrogen (secondary N) is 2. The lowest BCUT2D eigenvalue weighted by Crippen LogP contribution is -2.36. The molecule has 6 heteroatoms. The van der Waals surface area contributed by atoms with Gasteiger partial charge in [-0.3, -0.25) is 4.79 Å². The van der Waals surface area contributed by atoms with E-state index in [0.29, 0.717) is 22.4 Å². The summed E-state index contributed by atoms with van der Waals surface area (Å²) in [6.45, 7) is 3.74. The van der Waals surface area contributed by atoms with Crippen molar-refractivity contribution >= 4 is 29.0 Å². The zero-order chi connectivity index (χ0) is 17.8. The molecule has 1 amide bonds. The molecule has 3 rings (SSSR count). The molecule has 2 aromatic rings. The van der Waals surface area contributed by atoms with Crippen molar-refractivity contribution in [3.8, 4) is 0 Å². The van der Waals surface area contributed by atoms with Crippen LogP contribution in [0.1, 0.15) is 54.0 Å². The summed E-state index contributed by atoms with van der Waals surface area (Å²) in [5.74, 6) is 1.00. The number of benzene rings is 1. The molecule has 1 saturated carbocycles. The second-order valence-electron chi connectivity index (χ2n) is 6.58. The number of carbonyl (C=O) groups excluding carboxylic acids is 1. The fraction of sp³-hybridized carbons (Fsp3) is 0.421. The molecule has 0 unspecified atom stereocenters. The highest BCUT2D eigenvalue weighted by Crippen LogP contribution is 2.23. The fourth-order valence-corrected chi connectivity index (χ4v) is 3.25. The molecule has 0 saturated heterocycles. The molecule has 0 radical (unpaired) electrons. The van der Waals surface area contributed by atoms with Gasteiger partial charge in [0.1, 0.15) is 17.3 Å². The molecular formula is C19H23ClN4O. The predicted octanol–water partition coefficient (Wildman–Crippen LogP) is 4.55. The topological polar surface area (TPSA) is 66.9 Å². The lowest BCUT2D eigenvalue weighted by molar-refractivity contribution is 0.0922. The van der Waals surface area contributed by atoms with E-state index in [0.717, 1.165) is 24.1 Å². The minimum atomic E-state index is -0.137. The first-order chi connectivity index (χ1) is 12.0. The first kappa shape index (κ1) is 17.7. The van der Waals surface area contributed by atoms with Gasteiger partial charge in [-0.2, -0.15) is 0 Å². The number of aromatic nitrogens is 2. The lowest BCUT2D eigenvalue weighted by Gasteiger charge is -2.22. The normalized spacial score (nSPS) is 15.0. The van der Waals surface area contributed by atoms with Crippen molar-refractivity contribution in [3.63, 3.8) is 0 Å². The minimum absolute atomic E-state index is 0.137. The first-order valence-electron chi connectivity index (χ1n) is 8.71. The number of rotatable bonds is 4. The average Bonchev–Trinajstić information content (AvgIpc) is 2.58. The van der Waals surface area contributed by atoms with Gasteiger partial charge < -0.3 is 10.6 Å². The van der Waals surface area contributed by atoms with E-state index in [4.69, 9.17) is 11.6 Å². The molecule has 2 N–H and O–H groups in total. The van der Waals surface area contributed by atoms with Crippen molar-refractivity contribution in [1.82, 2.24) is 15.3 Å². The van der Waals surface area contributed by atoms with Crippen LogP contribution in [0.4, 0.5) is 11.5 Å². The number of nitrogens with zero attached hydrogens (tertiary/aromatic N) is 2. The van der Waals surface area contributed by atoms with Crippen LogP contribution in [0.3, 0.4) is 0 Å². The van der Waals surface area contributed by atoms with E-state index >= 15 is 0 Å². The summed E-state index contributed by atoms with van der Waals surface area (Å²) in [5.41, 5.74) is 2.23. The SMILES string of the molecule is Cc1nc(Nc2ccc(C)c(Cl)c2)cc(C(=O)NC2CCCCC2)n1. The van der Waals surface area contributed by atoms with Crippen molar-refractivity contribution in [1.29, 1.82) is 0 Å². The largest absolute Gasteiger partial charge is 0.348 e. The third kappa shape index (κ3) is 4.69. The van der Waals surface area contributed by atoms with Crippen LogP contribution in [-0.4, -0.2) is 21.9 Å². The Morgan fingerprint density at radius 2 is 1.88 bits per heavy atom. The molecule has 0 aliphatic heterocycles. The Morgan fingerprint density at radius 3 is 2.60 bits per heavy atom. The zero-order valence-corrected chi connectivity index (χ0v) is 15.4. The molecular weight excluding hydrogens is 336 g/mol. The summed E-state index contributed by atoms with van der Waals surface area (Å²) in [4.78, 5) is 21.2. The molecule has 25 heavy (non-hydrogen) atoms. The second kappa shape index (κ2) is 7.83. The molecule has 132 valence electrons. The molecule has 1 fully saturated rings. The van der Waals surface area contributed by atoms with Gasteiger partial charge in [-0.15, -0.1) is 0 Å². The highest BCUT2D eigenvalue weighted by Gasteiger charge is 2.18. The average molecular weight is 359 g/mol. The van der Waals surface area contributed by atoms with Gasteiger partial charge >= 0.3 is 0 Å². The standard InChI is InChI=1S/C19H23ClN4O/c1-12-8-9-15(10-16(12)20)23-18-11-17(21-13(2)22-18)19(25)24-14-6-4-3-5-7-14/h8-11,14H,3-7H2,1-2H3,(H,24,25)(H,21,22,23). The van der Waals surface area contributed by atoms with Crippen LogP contribution in [-0.2, 0) is 0 Å². The van der Waals surface area contributed by atoms with Crippen molar-refractivity contribution in [2.24, 2.45) is 0 Å². The highest BCUT2D eigenvalue weighted by molar-refractivity contribution is 6.31. The molecule has 1 aliphatic rings. The van der Waals surface area contributed by atoms with Gasteiger partial charge in [-0.25, -0.2) is 9.97 Å². The van der Waals surface area contributed by atoms with Gasteiger partial charge in [0.15, 0.2) is 0 Å². The number of hydrogen-bond acceptors (Lipinski definition) is 4. The molecule has 1 aromatic heterocycles. The molecule has 5 nitrogen and oxygen atoms in total. The van der Waals surface area contributed by atoms with Gasteiger partial charge in [-0.1, -0.05) is 36.9 Å². The van der Waals surface area contributed by atoms with Gasteiger partial charge in [-0.05, 0) is 44.4 Å². The third-order valence-electron chi connectivity index (χ3n) is 4.46. The van der Waals surface area contributed by atoms with E-state index in [2.05, 4.69) is 20.6 Å². The van der Waals surface area contributed by atoms with Gasteiger partial charge in [0.2, 0.25) is 0 Å². The summed E-state index contributed by atoms with van der Waals surface area (Å²) < 4.78 is 0. The smallest absolute Gasteiger partial charge is 0.270 e. The van der Waals surface area contributed by atoms with Gasteiger partial charge in [0.05, 0.1) is 0 Å². The Balaban J connectivity index is 1.75. The Kier molecular flexibility index (Phi) is 5.53. The Morgan fingerprint density at radius 1 is 1.12 bits per heavy atom. The fourth-order valence-electron chi connectivity index (χ4n) is 3.07. The third-order valence-corrected chi connectivity index (χ3v) is 4.86. The summed E-state index contributed by atoms with van der Waals surface area (Å²) in [6, 6.07) is 7.65. The first-order valence-corrected chi connectivity index (χ1v) is 9.09. The number of aryl methyl sites for hydroxylation is 2. The molecule has 0 spiro atoms. The quantitative estimate of drug-likeness (QED) is 0.841. The van der Waals surface area contributed by atoms with E-state index in [1.54, 1.807) is 13.0 Å². The summed E-state index contributed by atoms with van der Waals surface area (Å²) in [6.07, 6.45) is 5.70. The Bertz CT molecular complexity index is 772. The lowest BCUT2D eigenvalue weighted by atomic mass is 9.95. The van der Waals surface area contributed by atoms with Crippen LogP contribution in [0.25, 0.3) is 0 Å². The van der Waals surface area contributed by atoms with Crippen molar-refractivity contribution in [2.75, 3.05) is 5.32 Å². The maximum absolute atomic E-state index is 12.5. The van der Waals surface area contributed by atoms with E-state index in [1.165, 1.54) is 19.3 Å². The van der Waals surface area contributed by atoms with Crippen LogP contribution < -0.4 is 10.6 Å². The number of amides is 1. The summed E-state index contributed by atoms with van der Waals surface area (Å²) >= 11 is 6.16. The van der Waals surface area contributed by atoms with Crippen LogP contribution in [0.15, 0.2) is 24.3 Å². The van der Waals surface area contributed by atoms with Crippen LogP contribution in [0, 0.1) is 13.8 Å². The van der Waals surface area contributed by atoms with Gasteiger partial charge in [0, 0.05) is 22.8 Å². The minimum Gasteiger partial charge on any atom is -0.348 e. The summed E-state index contributed by atoms with van der Waals surface area (Å²) in [7, 11) is 0. The predicted molar refractivity (Wildman–Crippen MR) is 101 cm³/mol. The van der Waals surface area contributed by atoms with Crippen molar-refractivity contribution < 1.29 is 4.79 Å². The molecule has 0 atom stereocenters. The van der Waals surface area contributed by atoms with Crippen LogP contribution >= 0.6 is 11.6 Å². The molecule has 1 aliphatic carbocycles. The van der Waals surface area contributed by atoms with Crippen molar-refractivity contribution in [2.45, 2.75) is 52.0 Å². The van der Waals surface area contributed by atoms with E-state index < -0.39 is 0 Å². The zero-order valence-electron chi connectivity index (χ0n) is 14.6. The Hall–Kier alpha value is -2.14.